The van der Waals surface area contributed by atoms with Crippen molar-refractivity contribution in [2.24, 2.45) is 0 Å². The number of thiazole rings is 1. The summed E-state index contributed by atoms with van der Waals surface area (Å²) < 4.78 is 26.3. The first-order chi connectivity index (χ1) is 16.3. The van der Waals surface area contributed by atoms with Crippen LogP contribution in [0.5, 0.6) is 0 Å². The largest absolute Gasteiger partial charge is 0.354 e. The monoisotopic (exact) mass is 499 g/mol. The predicted molar refractivity (Wildman–Crippen MR) is 128 cm³/mol. The van der Waals surface area contributed by atoms with Crippen LogP contribution in [0.3, 0.4) is 0 Å². The van der Waals surface area contributed by atoms with Crippen molar-refractivity contribution >= 4 is 46.2 Å². The molecule has 0 unspecified atom stereocenters. The van der Waals surface area contributed by atoms with Gasteiger partial charge >= 0.3 is 0 Å². The number of nitrogens with one attached hydrogen (secondary N) is 1. The second-order valence-electron chi connectivity index (χ2n) is 7.42. The highest BCUT2D eigenvalue weighted by molar-refractivity contribution is 8.18. The van der Waals surface area contributed by atoms with E-state index in [1.807, 2.05) is 6.92 Å². The molecule has 10 heteroatoms. The van der Waals surface area contributed by atoms with Gasteiger partial charge < -0.3 is 5.32 Å². The van der Waals surface area contributed by atoms with Crippen molar-refractivity contribution in [3.63, 3.8) is 0 Å². The number of aryl methyl sites for hydroxylation is 1. The van der Waals surface area contributed by atoms with Crippen molar-refractivity contribution in [1.29, 1.82) is 0 Å². The van der Waals surface area contributed by atoms with Crippen LogP contribution in [0, 0.1) is 18.6 Å². The van der Waals surface area contributed by atoms with Crippen molar-refractivity contribution in [1.82, 2.24) is 15.2 Å². The van der Waals surface area contributed by atoms with Crippen molar-refractivity contribution < 1.29 is 23.2 Å². The van der Waals surface area contributed by atoms with Crippen LogP contribution < -0.4 is 5.32 Å². The number of amides is 3. The summed E-state index contributed by atoms with van der Waals surface area (Å²) in [6.45, 7) is 1.96. The zero-order valence-electron chi connectivity index (χ0n) is 18.0. The van der Waals surface area contributed by atoms with Crippen molar-refractivity contribution in [3.8, 4) is 11.3 Å². The van der Waals surface area contributed by atoms with Gasteiger partial charge in [0, 0.05) is 23.5 Å². The third kappa shape index (κ3) is 5.57. The molecule has 0 radical (unpaired) electrons. The van der Waals surface area contributed by atoms with Crippen LogP contribution in [0.1, 0.15) is 15.4 Å². The van der Waals surface area contributed by atoms with Gasteiger partial charge in [0.2, 0.25) is 5.91 Å². The molecular weight excluding hydrogens is 480 g/mol. The molecule has 1 saturated heterocycles. The fourth-order valence-corrected chi connectivity index (χ4v) is 5.16. The lowest BCUT2D eigenvalue weighted by molar-refractivity contribution is -0.124. The minimum Gasteiger partial charge on any atom is -0.354 e. The molecular formula is C24H19F2N3O3S2. The summed E-state index contributed by atoms with van der Waals surface area (Å²) in [5, 5.41) is 3.09. The number of nitrogens with zero attached hydrogens (tertiary/aromatic N) is 2. The third-order valence-corrected chi connectivity index (χ3v) is 6.82. The molecule has 0 aliphatic carbocycles. The van der Waals surface area contributed by atoms with E-state index in [9.17, 15) is 23.2 Å². The molecule has 0 spiro atoms. The number of carbonyl (C=O) groups is 3. The number of carbonyl (C=O) groups excluding carboxylic acids is 3. The average molecular weight is 500 g/mol. The molecule has 4 rings (SSSR count). The standard InChI is InChI=1S/C24H19F2N3O3S2/c1-14-28-22(16-4-8-18(26)9-5-16)19(33-14)13-21(30)27-10-11-29-23(31)20(34-24(29)32)12-15-2-6-17(25)7-3-15/h2-9,12H,10-11,13H2,1H3,(H,27,30)/b20-12-. The SMILES string of the molecule is Cc1nc(-c2ccc(F)cc2)c(CC(=O)NCCN2C(=O)S/C(=C\c3ccc(F)cc3)C2=O)s1. The molecule has 0 atom stereocenters. The Labute approximate surface area is 202 Å². The van der Waals surface area contributed by atoms with Gasteiger partial charge in [-0.15, -0.1) is 11.3 Å². The molecule has 2 heterocycles. The number of thioether (sulfide) groups is 1. The van der Waals surface area contributed by atoms with E-state index in [4.69, 9.17) is 0 Å². The van der Waals surface area contributed by atoms with E-state index in [1.165, 1.54) is 53.8 Å². The number of benzene rings is 2. The Balaban J connectivity index is 1.34. The molecule has 6 nitrogen and oxygen atoms in total. The van der Waals surface area contributed by atoms with E-state index < -0.39 is 11.1 Å². The second kappa shape index (κ2) is 10.3. The molecule has 1 aliphatic heterocycles. The summed E-state index contributed by atoms with van der Waals surface area (Å²) >= 11 is 2.19. The maximum absolute atomic E-state index is 13.2. The van der Waals surface area contributed by atoms with Gasteiger partial charge in [0.05, 0.1) is 22.0 Å². The summed E-state index contributed by atoms with van der Waals surface area (Å²) in [4.78, 5) is 43.9. The lowest BCUT2D eigenvalue weighted by Gasteiger charge is -2.13. The maximum atomic E-state index is 13.2. The van der Waals surface area contributed by atoms with Gasteiger partial charge in [-0.25, -0.2) is 13.8 Å². The predicted octanol–water partition coefficient (Wildman–Crippen LogP) is 4.79. The average Bonchev–Trinajstić information content (AvgIpc) is 3.29. The lowest BCUT2D eigenvalue weighted by atomic mass is 10.1. The van der Waals surface area contributed by atoms with Gasteiger partial charge in [-0.2, -0.15) is 0 Å². The Morgan fingerprint density at radius 3 is 2.38 bits per heavy atom. The number of rotatable bonds is 7. The minimum absolute atomic E-state index is 0.0315. The van der Waals surface area contributed by atoms with E-state index in [0.717, 1.165) is 32.1 Å². The van der Waals surface area contributed by atoms with Gasteiger partial charge in [-0.05, 0) is 66.7 Å². The number of imide groups is 1. The Morgan fingerprint density at radius 1 is 1.06 bits per heavy atom. The molecule has 3 amide bonds. The summed E-state index contributed by atoms with van der Waals surface area (Å²) in [6, 6.07) is 11.5. The molecule has 174 valence electrons. The van der Waals surface area contributed by atoms with Crippen LogP contribution in [0.2, 0.25) is 0 Å². The fourth-order valence-electron chi connectivity index (χ4n) is 3.34. The minimum atomic E-state index is -0.453. The van der Waals surface area contributed by atoms with E-state index in [-0.39, 0.29) is 42.0 Å². The number of hydrogen-bond acceptors (Lipinski definition) is 6. The van der Waals surface area contributed by atoms with Crippen LogP contribution in [0.15, 0.2) is 53.4 Å². The summed E-state index contributed by atoms with van der Waals surface area (Å²) in [5.74, 6) is -1.47. The highest BCUT2D eigenvalue weighted by Gasteiger charge is 2.34. The van der Waals surface area contributed by atoms with E-state index in [1.54, 1.807) is 12.1 Å². The van der Waals surface area contributed by atoms with E-state index in [0.29, 0.717) is 11.3 Å². The lowest BCUT2D eigenvalue weighted by Crippen LogP contribution is -2.37. The third-order valence-electron chi connectivity index (χ3n) is 4.94. The van der Waals surface area contributed by atoms with Crippen LogP contribution in [-0.4, -0.2) is 40.0 Å². The number of halogens is 2. The second-order valence-corrected chi connectivity index (χ2v) is 9.70. The smallest absolute Gasteiger partial charge is 0.293 e. The van der Waals surface area contributed by atoms with Gasteiger partial charge in [-0.3, -0.25) is 19.3 Å². The Kier molecular flexibility index (Phi) is 7.18. The highest BCUT2D eigenvalue weighted by Crippen LogP contribution is 2.32. The molecule has 2 aromatic carbocycles. The molecule has 1 N–H and O–H groups in total. The summed E-state index contributed by atoms with van der Waals surface area (Å²) in [6.07, 6.45) is 1.61. The Hall–Kier alpha value is -3.37. The molecule has 1 aromatic heterocycles. The van der Waals surface area contributed by atoms with Crippen molar-refractivity contribution in [3.05, 3.63) is 80.5 Å². The number of aromatic nitrogens is 1. The number of hydrogen-bond donors (Lipinski definition) is 1. The van der Waals surface area contributed by atoms with Gasteiger partial charge in [-0.1, -0.05) is 12.1 Å². The maximum Gasteiger partial charge on any atom is 0.293 e. The topological polar surface area (TPSA) is 79.4 Å². The van der Waals surface area contributed by atoms with Crippen LogP contribution >= 0.6 is 23.1 Å². The van der Waals surface area contributed by atoms with Crippen LogP contribution in [0.4, 0.5) is 13.6 Å². The van der Waals surface area contributed by atoms with Crippen molar-refractivity contribution in [2.75, 3.05) is 13.1 Å². The normalized spacial score (nSPS) is 14.8. The first-order valence-electron chi connectivity index (χ1n) is 10.3. The Bertz CT molecular complexity index is 1270. The van der Waals surface area contributed by atoms with E-state index in [2.05, 4.69) is 10.3 Å². The Morgan fingerprint density at radius 2 is 1.71 bits per heavy atom. The quantitative estimate of drug-likeness (QED) is 0.473. The zero-order valence-corrected chi connectivity index (χ0v) is 19.6. The van der Waals surface area contributed by atoms with Crippen molar-refractivity contribution in [2.45, 2.75) is 13.3 Å². The molecule has 0 saturated carbocycles. The molecule has 0 bridgehead atoms. The first-order valence-corrected chi connectivity index (χ1v) is 11.9. The van der Waals surface area contributed by atoms with Gasteiger partial charge in [0.15, 0.2) is 0 Å². The van der Waals surface area contributed by atoms with Gasteiger partial charge in [0.25, 0.3) is 11.1 Å². The molecule has 3 aromatic rings. The summed E-state index contributed by atoms with van der Waals surface area (Å²) in [7, 11) is 0. The van der Waals surface area contributed by atoms with Gasteiger partial charge in [0.1, 0.15) is 11.6 Å². The first kappa shape index (κ1) is 23.8. The molecule has 1 fully saturated rings. The van der Waals surface area contributed by atoms with Crippen LogP contribution in [-0.2, 0) is 16.0 Å². The molecule has 34 heavy (non-hydrogen) atoms. The molecule has 1 aliphatic rings. The summed E-state index contributed by atoms with van der Waals surface area (Å²) in [5.41, 5.74) is 1.96. The highest BCUT2D eigenvalue weighted by atomic mass is 32.2. The zero-order chi connectivity index (χ0) is 24.2. The van der Waals surface area contributed by atoms with E-state index >= 15 is 0 Å². The van der Waals surface area contributed by atoms with Crippen LogP contribution in [0.25, 0.3) is 17.3 Å². The fraction of sp³-hybridized carbons (Fsp3) is 0.167.